The Morgan fingerprint density at radius 2 is 2.05 bits per heavy atom. The lowest BCUT2D eigenvalue weighted by Gasteiger charge is -2.18. The number of rotatable bonds is 5. The van der Waals surface area contributed by atoms with Gasteiger partial charge in [0, 0.05) is 20.1 Å². The smallest absolute Gasteiger partial charge is 0.266 e. The largest absolute Gasteiger partial charge is 0.397 e. The summed E-state index contributed by atoms with van der Waals surface area (Å²) < 4.78 is 1.76. The molecule has 2 N–H and O–H groups in total. The van der Waals surface area contributed by atoms with Crippen LogP contribution in [0.15, 0.2) is 25.3 Å². The monoisotopic (exact) mass is 290 g/mol. The molecule has 1 amide bonds. The zero-order chi connectivity index (χ0) is 14.9. The molecule has 6 heteroatoms. The van der Waals surface area contributed by atoms with Crippen molar-refractivity contribution in [1.29, 1.82) is 0 Å². The fourth-order valence-corrected chi connectivity index (χ4v) is 3.34. The molecule has 0 spiro atoms. The van der Waals surface area contributed by atoms with Crippen LogP contribution in [0.3, 0.4) is 0 Å². The van der Waals surface area contributed by atoms with Crippen molar-refractivity contribution in [2.75, 3.05) is 18.8 Å². The lowest BCUT2D eigenvalue weighted by molar-refractivity contribution is 0.0796. The fourth-order valence-electron chi connectivity index (χ4n) is 2.18. The predicted molar refractivity (Wildman–Crippen MR) is 84.0 cm³/mol. The first-order valence-corrected chi connectivity index (χ1v) is 7.05. The molecule has 0 aliphatic rings. The van der Waals surface area contributed by atoms with Crippen LogP contribution < -0.4 is 5.73 Å². The molecule has 2 heterocycles. The number of amides is 1. The predicted octanol–water partition coefficient (Wildman–Crippen LogP) is 2.34. The second kappa shape index (κ2) is 5.50. The topological polar surface area (TPSA) is 64.2 Å². The van der Waals surface area contributed by atoms with Crippen molar-refractivity contribution in [3.05, 3.63) is 35.9 Å². The summed E-state index contributed by atoms with van der Waals surface area (Å²) in [5, 5.41) is 5.19. The first kappa shape index (κ1) is 14.3. The Labute approximate surface area is 122 Å². The summed E-state index contributed by atoms with van der Waals surface area (Å²) >= 11 is 1.38. The summed E-state index contributed by atoms with van der Waals surface area (Å²) in [7, 11) is 1.85. The molecule has 0 unspecified atom stereocenters. The van der Waals surface area contributed by atoms with Crippen LogP contribution in [0, 0.1) is 6.92 Å². The molecular weight excluding hydrogens is 272 g/mol. The maximum atomic E-state index is 12.6. The van der Waals surface area contributed by atoms with E-state index in [9.17, 15) is 4.79 Å². The minimum atomic E-state index is -0.0945. The molecule has 0 radical (unpaired) electrons. The van der Waals surface area contributed by atoms with Crippen molar-refractivity contribution >= 4 is 33.1 Å². The van der Waals surface area contributed by atoms with Crippen LogP contribution >= 0.6 is 11.3 Å². The molecule has 0 fully saturated rings. The van der Waals surface area contributed by atoms with E-state index in [-0.39, 0.29) is 5.91 Å². The molecule has 0 atom stereocenters. The van der Waals surface area contributed by atoms with Gasteiger partial charge in [0.05, 0.1) is 16.8 Å². The van der Waals surface area contributed by atoms with Crippen molar-refractivity contribution in [3.8, 4) is 0 Å². The van der Waals surface area contributed by atoms with Crippen LogP contribution in [0.5, 0.6) is 0 Å². The van der Waals surface area contributed by atoms with Crippen LogP contribution in [0.25, 0.3) is 10.2 Å². The van der Waals surface area contributed by atoms with E-state index >= 15 is 0 Å². The number of hydrogen-bond acceptors (Lipinski definition) is 4. The molecular formula is C14H18N4OS. The van der Waals surface area contributed by atoms with Gasteiger partial charge in [-0.15, -0.1) is 24.5 Å². The summed E-state index contributed by atoms with van der Waals surface area (Å²) in [6, 6.07) is 0. The third-order valence-electron chi connectivity index (χ3n) is 3.06. The number of aromatic nitrogens is 2. The number of carbonyl (C=O) groups excluding carboxylic acids is 1. The van der Waals surface area contributed by atoms with Gasteiger partial charge in [-0.1, -0.05) is 12.2 Å². The van der Waals surface area contributed by atoms with Crippen molar-refractivity contribution in [2.24, 2.45) is 7.05 Å². The van der Waals surface area contributed by atoms with Crippen LogP contribution in [0.4, 0.5) is 5.69 Å². The van der Waals surface area contributed by atoms with Gasteiger partial charge in [-0.2, -0.15) is 5.10 Å². The fraction of sp³-hybridized carbons (Fsp3) is 0.286. The number of fused-ring (bicyclic) bond motifs is 1. The minimum Gasteiger partial charge on any atom is -0.397 e. The van der Waals surface area contributed by atoms with E-state index in [0.717, 1.165) is 15.9 Å². The third-order valence-corrected chi connectivity index (χ3v) is 4.32. The molecule has 0 aromatic carbocycles. The molecule has 0 saturated heterocycles. The maximum Gasteiger partial charge on any atom is 0.266 e. The summed E-state index contributed by atoms with van der Waals surface area (Å²) in [6.07, 6.45) is 3.38. The standard InChI is InChI=1S/C14H18N4OS/c1-5-7-18(8-6-2)13(19)12-11(15)10-9(3)16-17(4)14(10)20-12/h5-6H,1-2,7-8,15H2,3-4H3. The van der Waals surface area contributed by atoms with Crippen LogP contribution in [0.1, 0.15) is 15.4 Å². The number of anilines is 1. The summed E-state index contributed by atoms with van der Waals surface area (Å²) in [6.45, 7) is 10.2. The highest BCUT2D eigenvalue weighted by Crippen LogP contribution is 2.36. The summed E-state index contributed by atoms with van der Waals surface area (Å²) in [5.41, 5.74) is 7.50. The van der Waals surface area contributed by atoms with E-state index in [1.54, 1.807) is 21.7 Å². The molecule has 0 saturated carbocycles. The first-order chi connectivity index (χ1) is 9.51. The molecule has 2 aromatic heterocycles. The molecule has 2 rings (SSSR count). The summed E-state index contributed by atoms with van der Waals surface area (Å²) in [4.78, 5) is 15.7. The Hall–Kier alpha value is -2.08. The van der Waals surface area contributed by atoms with Gasteiger partial charge in [-0.3, -0.25) is 9.48 Å². The Kier molecular flexibility index (Phi) is 3.94. The van der Waals surface area contributed by atoms with Gasteiger partial charge in [0.15, 0.2) is 0 Å². The van der Waals surface area contributed by atoms with Crippen LogP contribution in [-0.4, -0.2) is 33.7 Å². The Balaban J connectivity index is 2.48. The van der Waals surface area contributed by atoms with Crippen molar-refractivity contribution in [1.82, 2.24) is 14.7 Å². The van der Waals surface area contributed by atoms with Gasteiger partial charge in [-0.25, -0.2) is 0 Å². The quantitative estimate of drug-likeness (QED) is 0.860. The van der Waals surface area contributed by atoms with E-state index in [2.05, 4.69) is 18.3 Å². The maximum absolute atomic E-state index is 12.6. The van der Waals surface area contributed by atoms with E-state index in [1.165, 1.54) is 11.3 Å². The first-order valence-electron chi connectivity index (χ1n) is 6.23. The van der Waals surface area contributed by atoms with Crippen molar-refractivity contribution in [2.45, 2.75) is 6.92 Å². The summed E-state index contributed by atoms with van der Waals surface area (Å²) in [5.74, 6) is -0.0945. The van der Waals surface area contributed by atoms with E-state index < -0.39 is 0 Å². The molecule has 20 heavy (non-hydrogen) atoms. The molecule has 5 nitrogen and oxygen atoms in total. The van der Waals surface area contributed by atoms with Gasteiger partial charge < -0.3 is 10.6 Å². The Bertz CT molecular complexity index is 673. The normalized spacial score (nSPS) is 10.7. The molecule has 106 valence electrons. The number of carbonyl (C=O) groups is 1. The SMILES string of the molecule is C=CCN(CC=C)C(=O)c1sc2c(c(C)nn2C)c1N. The van der Waals surface area contributed by atoms with Gasteiger partial charge in [0.25, 0.3) is 5.91 Å². The molecule has 0 aliphatic heterocycles. The number of nitrogen functional groups attached to an aromatic ring is 1. The minimum absolute atomic E-state index is 0.0945. The van der Waals surface area contributed by atoms with Gasteiger partial charge in [0.2, 0.25) is 0 Å². The Morgan fingerprint density at radius 1 is 1.45 bits per heavy atom. The van der Waals surface area contributed by atoms with E-state index in [0.29, 0.717) is 23.7 Å². The third kappa shape index (κ3) is 2.22. The average Bonchev–Trinajstić information content (AvgIpc) is 2.88. The molecule has 0 bridgehead atoms. The number of nitrogens with two attached hydrogens (primary N) is 1. The van der Waals surface area contributed by atoms with Gasteiger partial charge in [-0.05, 0) is 6.92 Å². The van der Waals surface area contributed by atoms with Gasteiger partial charge >= 0.3 is 0 Å². The zero-order valence-electron chi connectivity index (χ0n) is 11.7. The van der Waals surface area contributed by atoms with Gasteiger partial charge in [0.1, 0.15) is 9.71 Å². The van der Waals surface area contributed by atoms with Crippen LogP contribution in [0.2, 0.25) is 0 Å². The second-order valence-corrected chi connectivity index (χ2v) is 5.52. The number of aryl methyl sites for hydroxylation is 2. The number of nitrogens with zero attached hydrogens (tertiary/aromatic N) is 3. The highest BCUT2D eigenvalue weighted by molar-refractivity contribution is 7.21. The van der Waals surface area contributed by atoms with Crippen LogP contribution in [-0.2, 0) is 7.05 Å². The number of thiophene rings is 1. The van der Waals surface area contributed by atoms with Crippen molar-refractivity contribution < 1.29 is 4.79 Å². The number of hydrogen-bond donors (Lipinski definition) is 1. The molecule has 2 aromatic rings. The van der Waals surface area contributed by atoms with E-state index in [1.807, 2.05) is 14.0 Å². The lowest BCUT2D eigenvalue weighted by Crippen LogP contribution is -2.31. The second-order valence-electron chi connectivity index (χ2n) is 4.52. The Morgan fingerprint density at radius 3 is 2.55 bits per heavy atom. The highest BCUT2D eigenvalue weighted by atomic mass is 32.1. The van der Waals surface area contributed by atoms with E-state index in [4.69, 9.17) is 5.73 Å². The van der Waals surface area contributed by atoms with Crippen molar-refractivity contribution in [3.63, 3.8) is 0 Å². The zero-order valence-corrected chi connectivity index (χ0v) is 12.5. The lowest BCUT2D eigenvalue weighted by atomic mass is 10.2. The molecule has 0 aliphatic carbocycles. The average molecular weight is 290 g/mol. The highest BCUT2D eigenvalue weighted by Gasteiger charge is 2.23.